The maximum absolute atomic E-state index is 12.1. The van der Waals surface area contributed by atoms with Crippen LogP contribution in [0.4, 0.5) is 4.79 Å². The van der Waals surface area contributed by atoms with Gasteiger partial charge in [-0.3, -0.25) is 4.79 Å². The summed E-state index contributed by atoms with van der Waals surface area (Å²) in [6.07, 6.45) is 5.63. The van der Waals surface area contributed by atoms with Crippen LogP contribution < -0.4 is 16.0 Å². The fraction of sp³-hybridized carbons (Fsp3) is 0.688. The van der Waals surface area contributed by atoms with Crippen molar-refractivity contribution in [2.45, 2.75) is 51.5 Å². The highest BCUT2D eigenvalue weighted by Gasteiger charge is 2.31. The van der Waals surface area contributed by atoms with E-state index in [9.17, 15) is 9.59 Å². The van der Waals surface area contributed by atoms with E-state index in [0.29, 0.717) is 6.54 Å². The predicted octanol–water partition coefficient (Wildman–Crippen LogP) is 2.16. The third-order valence-corrected chi connectivity index (χ3v) is 5.44. The van der Waals surface area contributed by atoms with Crippen LogP contribution >= 0.6 is 11.3 Å². The maximum atomic E-state index is 12.1. The molecule has 7 heteroatoms. The zero-order chi connectivity index (χ0) is 16.8. The molecule has 1 aromatic rings. The Morgan fingerprint density at radius 1 is 1.39 bits per heavy atom. The predicted molar refractivity (Wildman–Crippen MR) is 91.6 cm³/mol. The summed E-state index contributed by atoms with van der Waals surface area (Å²) in [4.78, 5) is 29.6. The van der Waals surface area contributed by atoms with E-state index in [-0.39, 0.29) is 29.8 Å². The van der Waals surface area contributed by atoms with E-state index in [1.165, 1.54) is 4.88 Å². The smallest absolute Gasteiger partial charge is 0.315 e. The Morgan fingerprint density at radius 2 is 2.13 bits per heavy atom. The molecule has 1 aliphatic carbocycles. The number of urea groups is 1. The molecule has 128 valence electrons. The second-order valence-electron chi connectivity index (χ2n) is 6.18. The Bertz CT molecular complexity index is 546. The number of carbonyl (C=O) groups excluding carboxylic acids is 2. The summed E-state index contributed by atoms with van der Waals surface area (Å²) < 4.78 is 0. The lowest BCUT2D eigenvalue weighted by Crippen LogP contribution is -2.51. The van der Waals surface area contributed by atoms with Crippen LogP contribution in [0.1, 0.15) is 48.4 Å². The first-order valence-corrected chi connectivity index (χ1v) is 9.01. The Hall–Kier alpha value is -1.63. The maximum Gasteiger partial charge on any atom is 0.315 e. The Balaban J connectivity index is 1.82. The highest BCUT2D eigenvalue weighted by Crippen LogP contribution is 2.24. The molecular formula is C16H26N4O2S. The summed E-state index contributed by atoms with van der Waals surface area (Å²) >= 11 is 1.65. The third-order valence-electron chi connectivity index (χ3n) is 4.30. The molecular weight excluding hydrogens is 312 g/mol. The zero-order valence-electron chi connectivity index (χ0n) is 14.0. The summed E-state index contributed by atoms with van der Waals surface area (Å²) in [5.74, 6) is 0.0701. The van der Waals surface area contributed by atoms with Crippen LogP contribution in [0.15, 0.2) is 6.20 Å². The highest BCUT2D eigenvalue weighted by molar-refractivity contribution is 7.11. The summed E-state index contributed by atoms with van der Waals surface area (Å²) in [5.41, 5.74) is 0. The second kappa shape index (κ2) is 8.29. The van der Waals surface area contributed by atoms with E-state index in [0.717, 1.165) is 30.7 Å². The first-order valence-electron chi connectivity index (χ1n) is 8.19. The minimum atomic E-state index is -0.203. The van der Waals surface area contributed by atoms with Gasteiger partial charge in [0.05, 0.1) is 10.9 Å². The molecule has 23 heavy (non-hydrogen) atoms. The van der Waals surface area contributed by atoms with Gasteiger partial charge in [0.1, 0.15) is 0 Å². The molecule has 1 heterocycles. The fourth-order valence-corrected chi connectivity index (χ4v) is 3.78. The largest absolute Gasteiger partial charge is 0.359 e. The average molecular weight is 338 g/mol. The first kappa shape index (κ1) is 17.7. The Morgan fingerprint density at radius 3 is 2.78 bits per heavy atom. The zero-order valence-corrected chi connectivity index (χ0v) is 14.8. The topological polar surface area (TPSA) is 83.1 Å². The molecule has 1 fully saturated rings. The van der Waals surface area contributed by atoms with Gasteiger partial charge < -0.3 is 16.0 Å². The van der Waals surface area contributed by atoms with Crippen molar-refractivity contribution < 1.29 is 9.59 Å². The quantitative estimate of drug-likeness (QED) is 0.769. The average Bonchev–Trinajstić information content (AvgIpc) is 2.99. The minimum absolute atomic E-state index is 0.0154. The van der Waals surface area contributed by atoms with Gasteiger partial charge in [0, 0.05) is 36.6 Å². The van der Waals surface area contributed by atoms with Crippen molar-refractivity contribution in [3.8, 4) is 0 Å². The van der Waals surface area contributed by atoms with E-state index in [2.05, 4.69) is 20.9 Å². The molecule has 1 saturated carbocycles. The van der Waals surface area contributed by atoms with Crippen LogP contribution in [0.25, 0.3) is 0 Å². The lowest BCUT2D eigenvalue weighted by Gasteiger charge is -2.31. The molecule has 2 rings (SSSR count). The van der Waals surface area contributed by atoms with E-state index in [1.54, 1.807) is 18.4 Å². The molecule has 0 aliphatic heterocycles. The monoisotopic (exact) mass is 338 g/mol. The first-order chi connectivity index (χ1) is 11.0. The molecule has 0 unspecified atom stereocenters. The molecule has 3 amide bonds. The number of hydrogen-bond donors (Lipinski definition) is 3. The van der Waals surface area contributed by atoms with Gasteiger partial charge in [0.2, 0.25) is 5.91 Å². The van der Waals surface area contributed by atoms with Crippen molar-refractivity contribution in [1.29, 1.82) is 0 Å². The minimum Gasteiger partial charge on any atom is -0.359 e. The number of aryl methyl sites for hydroxylation is 1. The van der Waals surface area contributed by atoms with E-state index < -0.39 is 0 Å². The summed E-state index contributed by atoms with van der Waals surface area (Å²) in [6.45, 7) is 4.61. The molecule has 0 saturated heterocycles. The van der Waals surface area contributed by atoms with Crippen LogP contribution in [0.2, 0.25) is 0 Å². The SMILES string of the molecule is CNC(=O)[C@@H]1CCCC[C@H]1NC(=O)NC[C@@H](C)c1ncc(C)s1. The molecule has 1 aliphatic rings. The third kappa shape index (κ3) is 4.92. The van der Waals surface area contributed by atoms with Gasteiger partial charge in [-0.2, -0.15) is 0 Å². The van der Waals surface area contributed by atoms with Gasteiger partial charge >= 0.3 is 6.03 Å². The molecule has 6 nitrogen and oxygen atoms in total. The number of nitrogens with zero attached hydrogens (tertiary/aromatic N) is 1. The van der Waals surface area contributed by atoms with Crippen molar-refractivity contribution in [3.63, 3.8) is 0 Å². The molecule has 3 atom stereocenters. The van der Waals surface area contributed by atoms with Crippen LogP contribution in [0.3, 0.4) is 0 Å². The molecule has 0 spiro atoms. The number of amides is 3. The van der Waals surface area contributed by atoms with Gasteiger partial charge in [-0.15, -0.1) is 11.3 Å². The summed E-state index contributed by atoms with van der Waals surface area (Å²) in [7, 11) is 1.64. The van der Waals surface area contributed by atoms with Crippen LogP contribution in [0, 0.1) is 12.8 Å². The van der Waals surface area contributed by atoms with Gasteiger partial charge in [-0.25, -0.2) is 9.78 Å². The number of rotatable bonds is 5. The van der Waals surface area contributed by atoms with Crippen molar-refractivity contribution in [1.82, 2.24) is 20.9 Å². The van der Waals surface area contributed by atoms with Crippen molar-refractivity contribution in [2.75, 3.05) is 13.6 Å². The van der Waals surface area contributed by atoms with Crippen LogP contribution in [0.5, 0.6) is 0 Å². The number of nitrogens with one attached hydrogen (secondary N) is 3. The lowest BCUT2D eigenvalue weighted by molar-refractivity contribution is -0.126. The van der Waals surface area contributed by atoms with Gasteiger partial charge in [-0.05, 0) is 19.8 Å². The van der Waals surface area contributed by atoms with E-state index >= 15 is 0 Å². The summed E-state index contributed by atoms with van der Waals surface area (Å²) in [5, 5.41) is 9.59. The normalized spacial score (nSPS) is 22.2. The molecule has 1 aromatic heterocycles. The molecule has 3 N–H and O–H groups in total. The van der Waals surface area contributed by atoms with Crippen molar-refractivity contribution >= 4 is 23.3 Å². The number of carbonyl (C=O) groups is 2. The van der Waals surface area contributed by atoms with Crippen LogP contribution in [-0.4, -0.2) is 36.6 Å². The van der Waals surface area contributed by atoms with Crippen molar-refractivity contribution in [3.05, 3.63) is 16.1 Å². The van der Waals surface area contributed by atoms with Crippen molar-refractivity contribution in [2.24, 2.45) is 5.92 Å². The van der Waals surface area contributed by atoms with Crippen LogP contribution in [-0.2, 0) is 4.79 Å². The highest BCUT2D eigenvalue weighted by atomic mass is 32.1. The molecule has 0 bridgehead atoms. The number of hydrogen-bond acceptors (Lipinski definition) is 4. The molecule has 0 aromatic carbocycles. The summed E-state index contributed by atoms with van der Waals surface area (Å²) in [6, 6.07) is -0.285. The fourth-order valence-electron chi connectivity index (χ4n) is 2.96. The number of thiazole rings is 1. The van der Waals surface area contributed by atoms with Gasteiger partial charge in [0.15, 0.2) is 0 Å². The Labute approximate surface area is 141 Å². The van der Waals surface area contributed by atoms with E-state index in [1.807, 2.05) is 20.0 Å². The Kier molecular flexibility index (Phi) is 6.38. The lowest BCUT2D eigenvalue weighted by atomic mass is 9.84. The van der Waals surface area contributed by atoms with Gasteiger partial charge in [-0.1, -0.05) is 19.8 Å². The molecule has 0 radical (unpaired) electrons. The standard InChI is InChI=1S/C16H26N4O2S/c1-10(15-18-9-11(2)23-15)8-19-16(22)20-13-7-5-4-6-12(13)14(21)17-3/h9-10,12-13H,4-8H2,1-3H3,(H,17,21)(H2,19,20,22)/t10-,12-,13-/m1/s1. The van der Waals surface area contributed by atoms with Gasteiger partial charge in [0.25, 0.3) is 0 Å². The number of aromatic nitrogens is 1. The second-order valence-corrected chi connectivity index (χ2v) is 7.44. The van der Waals surface area contributed by atoms with E-state index in [4.69, 9.17) is 0 Å².